The van der Waals surface area contributed by atoms with Crippen molar-refractivity contribution < 1.29 is 0 Å². The molecule has 0 spiro atoms. The van der Waals surface area contributed by atoms with Gasteiger partial charge < -0.3 is 17.2 Å². The molecule has 2 rings (SSSR count). The van der Waals surface area contributed by atoms with E-state index in [0.29, 0.717) is 12.2 Å². The van der Waals surface area contributed by atoms with E-state index >= 15 is 0 Å². The first-order chi connectivity index (χ1) is 9.11. The van der Waals surface area contributed by atoms with Crippen molar-refractivity contribution >= 4 is 23.7 Å². The minimum atomic E-state index is -0.473. The van der Waals surface area contributed by atoms with Crippen LogP contribution in [0.4, 0.5) is 17.5 Å². The topological polar surface area (TPSA) is 165 Å². The summed E-state index contributed by atoms with van der Waals surface area (Å²) < 4.78 is 0. The number of hydrogen-bond donors (Lipinski definition) is 3. The van der Waals surface area contributed by atoms with E-state index in [2.05, 4.69) is 25.2 Å². The number of dihydropyridines is 1. The summed E-state index contributed by atoms with van der Waals surface area (Å²) in [6.45, 7) is 0.354. The van der Waals surface area contributed by atoms with Gasteiger partial charge in [-0.2, -0.15) is 15.4 Å². The lowest BCUT2D eigenvalue weighted by molar-refractivity contribution is 0.746. The van der Waals surface area contributed by atoms with Crippen molar-refractivity contribution in [1.82, 2.24) is 9.97 Å². The van der Waals surface area contributed by atoms with Gasteiger partial charge in [0, 0.05) is 6.21 Å². The Kier molecular flexibility index (Phi) is 3.44. The number of nitrogen functional groups attached to an aromatic ring is 2. The fourth-order valence-electron chi connectivity index (χ4n) is 1.41. The number of aromatic nitrogens is 2. The molecule has 9 nitrogen and oxygen atoms in total. The van der Waals surface area contributed by atoms with Crippen LogP contribution in [0.2, 0.25) is 0 Å². The third-order valence-corrected chi connectivity index (χ3v) is 2.35. The van der Waals surface area contributed by atoms with Gasteiger partial charge in [0.2, 0.25) is 5.95 Å². The second-order valence-corrected chi connectivity index (χ2v) is 3.71. The second-order valence-electron chi connectivity index (χ2n) is 3.71. The number of hydrogen-bond acceptors (Lipinski definition) is 9. The van der Waals surface area contributed by atoms with Crippen molar-refractivity contribution in [3.63, 3.8) is 0 Å². The van der Waals surface area contributed by atoms with Crippen molar-refractivity contribution in [2.24, 2.45) is 21.0 Å². The smallest absolute Gasteiger partial charge is 0.222 e. The van der Waals surface area contributed by atoms with E-state index in [0.717, 1.165) is 0 Å². The van der Waals surface area contributed by atoms with Gasteiger partial charge in [-0.3, -0.25) is 4.99 Å². The Balaban J connectivity index is 2.34. The lowest BCUT2D eigenvalue weighted by Crippen LogP contribution is -2.29. The largest absolute Gasteiger partial charge is 0.382 e. The summed E-state index contributed by atoms with van der Waals surface area (Å²) in [7, 11) is 0. The molecule has 2 heterocycles. The molecule has 0 saturated carbocycles. The van der Waals surface area contributed by atoms with Crippen LogP contribution in [0.15, 0.2) is 32.7 Å². The monoisotopic (exact) mass is 257 g/mol. The highest BCUT2D eigenvalue weighted by atomic mass is 15.2. The summed E-state index contributed by atoms with van der Waals surface area (Å²) in [6, 6.07) is 1.49. The molecular weight excluding hydrogens is 246 g/mol. The highest BCUT2D eigenvalue weighted by Crippen LogP contribution is 2.22. The molecule has 0 fully saturated rings. The van der Waals surface area contributed by atoms with Crippen LogP contribution in [0.1, 0.15) is 0 Å². The van der Waals surface area contributed by atoms with Crippen molar-refractivity contribution in [3.05, 3.63) is 17.5 Å². The average Bonchev–Trinajstić information content (AvgIpc) is 2.39. The van der Waals surface area contributed by atoms with Gasteiger partial charge in [-0.15, -0.1) is 5.11 Å². The Labute approximate surface area is 108 Å². The molecule has 19 heavy (non-hydrogen) atoms. The predicted octanol–water partition coefficient (Wildman–Crippen LogP) is -0.0859. The zero-order valence-electron chi connectivity index (χ0n) is 9.85. The van der Waals surface area contributed by atoms with E-state index in [4.69, 9.17) is 22.5 Å². The van der Waals surface area contributed by atoms with Crippen LogP contribution in [-0.2, 0) is 0 Å². The molecule has 96 valence electrons. The van der Waals surface area contributed by atoms with Gasteiger partial charge in [0.15, 0.2) is 5.82 Å². The summed E-state index contributed by atoms with van der Waals surface area (Å²) in [5.74, 6) is 0.156. The number of rotatable bonds is 2. The van der Waals surface area contributed by atoms with Crippen molar-refractivity contribution in [3.8, 4) is 6.07 Å². The predicted molar refractivity (Wildman–Crippen MR) is 69.3 cm³/mol. The van der Waals surface area contributed by atoms with Crippen LogP contribution >= 0.6 is 0 Å². The molecule has 0 bridgehead atoms. The average molecular weight is 257 g/mol. The number of allylic oxidation sites excluding steroid dienone is 1. The standard InChI is InChI=1S/C10H11N9/c11-1-5-2-15-3-6(12)8(5)19-18-7-4-16-10(14)17-9(7)13/h2,4,6H,3,12H2,(H4,13,14,16,17). The highest BCUT2D eigenvalue weighted by molar-refractivity contribution is 5.86. The lowest BCUT2D eigenvalue weighted by atomic mass is 10.1. The molecule has 1 aromatic heterocycles. The summed E-state index contributed by atoms with van der Waals surface area (Å²) >= 11 is 0. The first-order valence-corrected chi connectivity index (χ1v) is 5.31. The van der Waals surface area contributed by atoms with Gasteiger partial charge in [-0.05, 0) is 0 Å². The molecule has 6 N–H and O–H groups in total. The summed E-state index contributed by atoms with van der Waals surface area (Å²) in [5, 5.41) is 16.8. The maximum Gasteiger partial charge on any atom is 0.222 e. The second kappa shape index (κ2) is 5.19. The van der Waals surface area contributed by atoms with Gasteiger partial charge in [0.05, 0.1) is 24.4 Å². The summed E-state index contributed by atoms with van der Waals surface area (Å²) in [4.78, 5) is 11.5. The van der Waals surface area contributed by atoms with E-state index in [1.807, 2.05) is 6.07 Å². The van der Waals surface area contributed by atoms with Crippen molar-refractivity contribution in [2.75, 3.05) is 18.0 Å². The molecular formula is C10H11N9. The molecule has 0 amide bonds. The van der Waals surface area contributed by atoms with Gasteiger partial charge >= 0.3 is 0 Å². The van der Waals surface area contributed by atoms with Crippen LogP contribution in [-0.4, -0.2) is 28.8 Å². The molecule has 1 unspecified atom stereocenters. The van der Waals surface area contributed by atoms with Gasteiger partial charge in [0.25, 0.3) is 0 Å². The summed E-state index contributed by atoms with van der Waals surface area (Å²) in [6.07, 6.45) is 2.76. The number of anilines is 2. The van der Waals surface area contributed by atoms with Crippen molar-refractivity contribution in [2.45, 2.75) is 6.04 Å². The number of nitrogens with zero attached hydrogens (tertiary/aromatic N) is 6. The minimum absolute atomic E-state index is 0.0508. The third-order valence-electron chi connectivity index (χ3n) is 2.35. The fraction of sp³-hybridized carbons (Fsp3) is 0.200. The van der Waals surface area contributed by atoms with Crippen LogP contribution in [0.5, 0.6) is 0 Å². The number of nitrogens with two attached hydrogens (primary N) is 3. The zero-order valence-corrected chi connectivity index (χ0v) is 9.85. The Hall–Kier alpha value is -2.86. The Morgan fingerprint density at radius 2 is 2.16 bits per heavy atom. The molecule has 9 heteroatoms. The molecule has 1 aliphatic heterocycles. The zero-order chi connectivity index (χ0) is 13.8. The van der Waals surface area contributed by atoms with Crippen molar-refractivity contribution in [1.29, 1.82) is 5.26 Å². The van der Waals surface area contributed by atoms with E-state index in [1.165, 1.54) is 12.4 Å². The number of aliphatic imine (C=N–C) groups is 1. The van der Waals surface area contributed by atoms with Gasteiger partial charge in [0.1, 0.15) is 17.5 Å². The van der Waals surface area contributed by atoms with Crippen LogP contribution in [0.25, 0.3) is 0 Å². The van der Waals surface area contributed by atoms with Gasteiger partial charge in [-0.1, -0.05) is 0 Å². The van der Waals surface area contributed by atoms with E-state index in [9.17, 15) is 0 Å². The maximum atomic E-state index is 8.95. The van der Waals surface area contributed by atoms with E-state index < -0.39 is 6.04 Å². The molecule has 0 radical (unpaired) electrons. The number of azo groups is 1. The lowest BCUT2D eigenvalue weighted by Gasteiger charge is -2.13. The maximum absolute atomic E-state index is 8.95. The molecule has 1 aliphatic rings. The highest BCUT2D eigenvalue weighted by Gasteiger charge is 2.17. The van der Waals surface area contributed by atoms with Crippen LogP contribution in [0.3, 0.4) is 0 Å². The minimum Gasteiger partial charge on any atom is -0.382 e. The first-order valence-electron chi connectivity index (χ1n) is 5.31. The molecule has 1 aromatic rings. The Morgan fingerprint density at radius 3 is 2.84 bits per heavy atom. The van der Waals surface area contributed by atoms with E-state index in [1.54, 1.807) is 0 Å². The fourth-order valence-corrected chi connectivity index (χ4v) is 1.41. The van der Waals surface area contributed by atoms with Crippen LogP contribution < -0.4 is 17.2 Å². The molecule has 0 saturated heterocycles. The quantitative estimate of drug-likeness (QED) is 0.626. The molecule has 0 aliphatic carbocycles. The molecule has 0 aromatic carbocycles. The first kappa shape index (κ1) is 12.6. The Bertz CT molecular complexity index is 622. The van der Waals surface area contributed by atoms with E-state index in [-0.39, 0.29) is 23.0 Å². The van der Waals surface area contributed by atoms with Gasteiger partial charge in [-0.25, -0.2) is 4.98 Å². The SMILES string of the molecule is N#CC1=C(N=Nc2cnc(N)nc2N)C(N)CN=C1. The molecule has 1 atom stereocenters. The number of nitriles is 1. The Morgan fingerprint density at radius 1 is 1.37 bits per heavy atom. The summed E-state index contributed by atoms with van der Waals surface area (Å²) in [5.41, 5.74) is 17.7. The third kappa shape index (κ3) is 2.70. The normalized spacial score (nSPS) is 18.8. The van der Waals surface area contributed by atoms with Crippen LogP contribution in [0, 0.1) is 11.3 Å².